The van der Waals surface area contributed by atoms with E-state index in [-0.39, 0.29) is 0 Å². The van der Waals surface area contributed by atoms with Crippen LogP contribution in [0.5, 0.6) is 0 Å². The van der Waals surface area contributed by atoms with Crippen LogP contribution in [0.4, 0.5) is 0 Å². The summed E-state index contributed by atoms with van der Waals surface area (Å²) < 4.78 is 0. The molecule has 0 radical (unpaired) electrons. The number of pyridine rings is 1. The summed E-state index contributed by atoms with van der Waals surface area (Å²) in [4.78, 5) is 4.31. The summed E-state index contributed by atoms with van der Waals surface area (Å²) >= 11 is 0. The molecule has 1 heterocycles. The van der Waals surface area contributed by atoms with E-state index >= 15 is 0 Å². The number of hydrogen-bond donors (Lipinski definition) is 1. The second kappa shape index (κ2) is 13.1. The van der Waals surface area contributed by atoms with Gasteiger partial charge in [0.25, 0.3) is 0 Å². The van der Waals surface area contributed by atoms with Gasteiger partial charge in [0.1, 0.15) is 0 Å². The summed E-state index contributed by atoms with van der Waals surface area (Å²) in [7, 11) is 0. The Morgan fingerprint density at radius 1 is 0.850 bits per heavy atom. The van der Waals surface area contributed by atoms with Gasteiger partial charge in [0, 0.05) is 12.7 Å². The molecule has 1 N–H and O–H groups in total. The van der Waals surface area contributed by atoms with E-state index in [1.54, 1.807) is 0 Å². The zero-order valence-corrected chi connectivity index (χ0v) is 13.2. The fourth-order valence-electron chi connectivity index (χ4n) is 2.46. The molecular weight excluding hydrogens is 244 g/mol. The maximum Gasteiger partial charge on any atom is 0.0541 e. The van der Waals surface area contributed by atoms with Crippen molar-refractivity contribution in [3.05, 3.63) is 30.1 Å². The molecule has 2 nitrogen and oxygen atoms in total. The quantitative estimate of drug-likeness (QED) is 0.507. The van der Waals surface area contributed by atoms with Gasteiger partial charge in [0.2, 0.25) is 0 Å². The third-order valence-electron chi connectivity index (χ3n) is 3.74. The van der Waals surface area contributed by atoms with Gasteiger partial charge in [-0.15, -0.1) is 0 Å². The highest BCUT2D eigenvalue weighted by Crippen LogP contribution is 2.10. The molecule has 1 aromatic rings. The molecule has 0 unspecified atom stereocenters. The molecule has 20 heavy (non-hydrogen) atoms. The van der Waals surface area contributed by atoms with Crippen molar-refractivity contribution in [2.45, 2.75) is 77.7 Å². The summed E-state index contributed by atoms with van der Waals surface area (Å²) in [6, 6.07) is 6.09. The van der Waals surface area contributed by atoms with Crippen molar-refractivity contribution in [3.63, 3.8) is 0 Å². The molecule has 0 aliphatic heterocycles. The SMILES string of the molecule is CCCCCCCCCCCCNCc1ccccn1. The normalized spacial score (nSPS) is 10.8. The first-order valence-electron chi connectivity index (χ1n) is 8.54. The van der Waals surface area contributed by atoms with Gasteiger partial charge in [-0.05, 0) is 25.1 Å². The summed E-state index contributed by atoms with van der Waals surface area (Å²) in [5.74, 6) is 0. The predicted molar refractivity (Wildman–Crippen MR) is 87.8 cm³/mol. The highest BCUT2D eigenvalue weighted by atomic mass is 14.9. The summed E-state index contributed by atoms with van der Waals surface area (Å²) in [5.41, 5.74) is 1.14. The Morgan fingerprint density at radius 3 is 2.10 bits per heavy atom. The van der Waals surface area contributed by atoms with E-state index in [0.717, 1.165) is 18.8 Å². The average Bonchev–Trinajstić information content (AvgIpc) is 2.49. The van der Waals surface area contributed by atoms with Crippen molar-refractivity contribution in [1.29, 1.82) is 0 Å². The number of aromatic nitrogens is 1. The molecule has 1 aromatic heterocycles. The lowest BCUT2D eigenvalue weighted by atomic mass is 10.1. The minimum Gasteiger partial charge on any atom is -0.311 e. The molecule has 0 aliphatic rings. The van der Waals surface area contributed by atoms with E-state index in [4.69, 9.17) is 0 Å². The van der Waals surface area contributed by atoms with Crippen molar-refractivity contribution in [2.24, 2.45) is 0 Å². The Morgan fingerprint density at radius 2 is 1.50 bits per heavy atom. The van der Waals surface area contributed by atoms with Crippen LogP contribution in [0.1, 0.15) is 76.8 Å². The van der Waals surface area contributed by atoms with E-state index in [9.17, 15) is 0 Å². The lowest BCUT2D eigenvalue weighted by Gasteiger charge is -2.04. The van der Waals surface area contributed by atoms with Gasteiger partial charge in [0.15, 0.2) is 0 Å². The second-order valence-corrected chi connectivity index (χ2v) is 5.68. The van der Waals surface area contributed by atoms with E-state index in [2.05, 4.69) is 23.3 Å². The fraction of sp³-hybridized carbons (Fsp3) is 0.722. The van der Waals surface area contributed by atoms with Crippen LogP contribution in [-0.2, 0) is 6.54 Å². The monoisotopic (exact) mass is 276 g/mol. The summed E-state index contributed by atoms with van der Waals surface area (Å²) in [6.07, 6.45) is 15.9. The average molecular weight is 276 g/mol. The lowest BCUT2D eigenvalue weighted by molar-refractivity contribution is 0.542. The Bertz CT molecular complexity index is 298. The molecule has 1 rings (SSSR count). The molecule has 0 aromatic carbocycles. The van der Waals surface area contributed by atoms with Crippen molar-refractivity contribution >= 4 is 0 Å². The maximum atomic E-state index is 4.31. The number of hydrogen-bond acceptors (Lipinski definition) is 2. The van der Waals surface area contributed by atoms with Gasteiger partial charge < -0.3 is 5.32 Å². The Kier molecular flexibility index (Phi) is 11.2. The zero-order chi connectivity index (χ0) is 14.3. The van der Waals surface area contributed by atoms with Gasteiger partial charge >= 0.3 is 0 Å². The lowest BCUT2D eigenvalue weighted by Crippen LogP contribution is -2.15. The maximum absolute atomic E-state index is 4.31. The first-order valence-corrected chi connectivity index (χ1v) is 8.54. The molecule has 0 atom stereocenters. The van der Waals surface area contributed by atoms with E-state index < -0.39 is 0 Å². The molecule has 0 saturated heterocycles. The van der Waals surface area contributed by atoms with Gasteiger partial charge in [0.05, 0.1) is 5.69 Å². The van der Waals surface area contributed by atoms with Gasteiger partial charge in [-0.1, -0.05) is 70.8 Å². The van der Waals surface area contributed by atoms with E-state index in [1.165, 1.54) is 64.2 Å². The summed E-state index contributed by atoms with van der Waals surface area (Å²) in [5, 5.41) is 3.46. The number of nitrogens with one attached hydrogen (secondary N) is 1. The van der Waals surface area contributed by atoms with Crippen LogP contribution in [0.2, 0.25) is 0 Å². The van der Waals surface area contributed by atoms with E-state index in [1.807, 2.05) is 18.3 Å². The zero-order valence-electron chi connectivity index (χ0n) is 13.2. The van der Waals surface area contributed by atoms with Crippen LogP contribution in [0.25, 0.3) is 0 Å². The summed E-state index contributed by atoms with van der Waals surface area (Å²) in [6.45, 7) is 4.30. The topological polar surface area (TPSA) is 24.9 Å². The highest BCUT2D eigenvalue weighted by Gasteiger charge is 1.94. The van der Waals surface area contributed by atoms with Crippen LogP contribution in [-0.4, -0.2) is 11.5 Å². The van der Waals surface area contributed by atoms with E-state index in [0.29, 0.717) is 0 Å². The fourth-order valence-corrected chi connectivity index (χ4v) is 2.46. The first kappa shape index (κ1) is 17.2. The molecule has 2 heteroatoms. The number of rotatable bonds is 13. The largest absolute Gasteiger partial charge is 0.311 e. The molecule has 0 bridgehead atoms. The van der Waals surface area contributed by atoms with Crippen molar-refractivity contribution in [1.82, 2.24) is 10.3 Å². The number of unbranched alkanes of at least 4 members (excludes halogenated alkanes) is 9. The third-order valence-corrected chi connectivity index (χ3v) is 3.74. The van der Waals surface area contributed by atoms with Crippen LogP contribution in [0.3, 0.4) is 0 Å². The van der Waals surface area contributed by atoms with Crippen LogP contribution >= 0.6 is 0 Å². The predicted octanol–water partition coefficient (Wildman–Crippen LogP) is 5.09. The Balaban J connectivity index is 1.77. The van der Waals surface area contributed by atoms with Gasteiger partial charge in [-0.25, -0.2) is 0 Å². The smallest absolute Gasteiger partial charge is 0.0541 e. The second-order valence-electron chi connectivity index (χ2n) is 5.68. The van der Waals surface area contributed by atoms with Crippen LogP contribution in [0.15, 0.2) is 24.4 Å². The van der Waals surface area contributed by atoms with Gasteiger partial charge in [-0.3, -0.25) is 4.98 Å². The molecule has 0 saturated carbocycles. The minimum absolute atomic E-state index is 0.901. The third kappa shape index (κ3) is 9.96. The van der Waals surface area contributed by atoms with Crippen molar-refractivity contribution in [3.8, 4) is 0 Å². The number of nitrogens with zero attached hydrogens (tertiary/aromatic N) is 1. The van der Waals surface area contributed by atoms with Crippen LogP contribution in [0, 0.1) is 0 Å². The molecule has 0 spiro atoms. The molecule has 0 amide bonds. The first-order chi connectivity index (χ1) is 9.93. The molecule has 114 valence electrons. The molecule has 0 fully saturated rings. The van der Waals surface area contributed by atoms with Crippen molar-refractivity contribution in [2.75, 3.05) is 6.54 Å². The van der Waals surface area contributed by atoms with Gasteiger partial charge in [-0.2, -0.15) is 0 Å². The Hall–Kier alpha value is -0.890. The van der Waals surface area contributed by atoms with Crippen LogP contribution < -0.4 is 5.32 Å². The molecule has 0 aliphatic carbocycles. The van der Waals surface area contributed by atoms with Crippen molar-refractivity contribution < 1.29 is 0 Å². The Labute approximate surface area is 125 Å². The molecular formula is C18H32N2. The standard InChI is InChI=1S/C18H32N2/c1-2-3-4-5-6-7-8-9-10-12-15-19-17-18-14-11-13-16-20-18/h11,13-14,16,19H,2-10,12,15,17H2,1H3. The minimum atomic E-state index is 0.901. The highest BCUT2D eigenvalue weighted by molar-refractivity contribution is 5.02.